The first-order valence-corrected chi connectivity index (χ1v) is 7.54. The molecule has 2 rings (SSSR count). The van der Waals surface area contributed by atoms with E-state index in [-0.39, 0.29) is 30.6 Å². The Morgan fingerprint density at radius 3 is 2.65 bits per heavy atom. The normalized spacial score (nSPS) is 27.2. The highest BCUT2D eigenvalue weighted by Crippen LogP contribution is 2.57. The summed E-state index contributed by atoms with van der Waals surface area (Å²) >= 11 is 0. The van der Waals surface area contributed by atoms with E-state index < -0.39 is 0 Å². The Kier molecular flexibility index (Phi) is 7.53. The van der Waals surface area contributed by atoms with Crippen molar-refractivity contribution in [3.05, 3.63) is 0 Å². The lowest BCUT2D eigenvalue weighted by Gasteiger charge is -2.61. The first kappa shape index (κ1) is 18.0. The molecule has 5 nitrogen and oxygen atoms in total. The summed E-state index contributed by atoms with van der Waals surface area (Å²) in [6.45, 7) is 6.31. The van der Waals surface area contributed by atoms with Crippen LogP contribution < -0.4 is 10.6 Å². The summed E-state index contributed by atoms with van der Waals surface area (Å²) in [5.74, 6) is 0.822. The number of ether oxygens (including phenoxy) is 1. The van der Waals surface area contributed by atoms with Gasteiger partial charge in [0.05, 0.1) is 19.3 Å². The van der Waals surface area contributed by atoms with Crippen LogP contribution in [0.5, 0.6) is 0 Å². The lowest BCUT2D eigenvalue weighted by Crippen LogP contribution is -2.68. The highest BCUT2D eigenvalue weighted by molar-refractivity contribution is 14.0. The fourth-order valence-electron chi connectivity index (χ4n) is 3.29. The van der Waals surface area contributed by atoms with Crippen LogP contribution in [0.2, 0.25) is 0 Å². The van der Waals surface area contributed by atoms with Crippen LogP contribution in [0.15, 0.2) is 4.99 Å². The van der Waals surface area contributed by atoms with Gasteiger partial charge in [-0.1, -0.05) is 6.42 Å². The summed E-state index contributed by atoms with van der Waals surface area (Å²) in [5.41, 5.74) is 0.339. The van der Waals surface area contributed by atoms with Gasteiger partial charge in [0.2, 0.25) is 0 Å². The van der Waals surface area contributed by atoms with Crippen LogP contribution >= 0.6 is 24.0 Å². The minimum atomic E-state index is 0. The zero-order valence-corrected chi connectivity index (χ0v) is 14.9. The van der Waals surface area contributed by atoms with Crippen LogP contribution in [0.4, 0.5) is 0 Å². The number of aliphatic imine (C=N–C) groups is 1. The third kappa shape index (κ3) is 3.57. The molecule has 0 radical (unpaired) electrons. The highest BCUT2D eigenvalue weighted by Gasteiger charge is 2.59. The number of guanidine groups is 1. The molecule has 118 valence electrons. The average molecular weight is 397 g/mol. The topological polar surface area (TPSA) is 65.9 Å². The van der Waals surface area contributed by atoms with Crippen LogP contribution in [0, 0.1) is 5.41 Å². The summed E-state index contributed by atoms with van der Waals surface area (Å²) in [5, 5.41) is 15.6. The fraction of sp³-hybridized carbons (Fsp3) is 0.929. The molecule has 0 aromatic rings. The van der Waals surface area contributed by atoms with E-state index in [0.717, 1.165) is 25.5 Å². The SMILES string of the molecule is CCNC(=NCCO)NC1CC(OCC)C12CCC2.I. The molecule has 0 saturated heterocycles. The van der Waals surface area contributed by atoms with Crippen molar-refractivity contribution in [1.29, 1.82) is 0 Å². The second-order valence-electron chi connectivity index (χ2n) is 5.45. The van der Waals surface area contributed by atoms with E-state index >= 15 is 0 Å². The molecule has 0 heterocycles. The van der Waals surface area contributed by atoms with Crippen molar-refractivity contribution in [3.8, 4) is 0 Å². The van der Waals surface area contributed by atoms with Crippen LogP contribution in [-0.4, -0.2) is 49.5 Å². The number of hydrogen-bond donors (Lipinski definition) is 3. The molecule has 0 aromatic carbocycles. The smallest absolute Gasteiger partial charge is 0.191 e. The Hall–Kier alpha value is -0.0800. The van der Waals surface area contributed by atoms with E-state index in [2.05, 4.69) is 29.5 Å². The van der Waals surface area contributed by atoms with Crippen molar-refractivity contribution in [2.24, 2.45) is 10.4 Å². The Morgan fingerprint density at radius 2 is 2.15 bits per heavy atom. The van der Waals surface area contributed by atoms with Gasteiger partial charge in [-0.15, -0.1) is 24.0 Å². The number of nitrogens with zero attached hydrogens (tertiary/aromatic N) is 1. The van der Waals surface area contributed by atoms with Crippen molar-refractivity contribution in [1.82, 2.24) is 10.6 Å². The summed E-state index contributed by atoms with van der Waals surface area (Å²) in [4.78, 5) is 4.35. The molecule has 2 aliphatic rings. The van der Waals surface area contributed by atoms with Crippen LogP contribution in [0.25, 0.3) is 0 Å². The molecule has 2 fully saturated rings. The minimum Gasteiger partial charge on any atom is -0.394 e. The minimum absolute atomic E-state index is 0. The Morgan fingerprint density at radius 1 is 1.40 bits per heavy atom. The molecule has 0 aromatic heterocycles. The van der Waals surface area contributed by atoms with Gasteiger partial charge in [-0.3, -0.25) is 4.99 Å². The molecule has 1 spiro atoms. The Bertz CT molecular complexity index is 322. The maximum atomic E-state index is 8.88. The Labute approximate surface area is 139 Å². The molecule has 0 bridgehead atoms. The second kappa shape index (κ2) is 8.38. The van der Waals surface area contributed by atoms with Gasteiger partial charge in [0.1, 0.15) is 0 Å². The van der Waals surface area contributed by atoms with Crippen molar-refractivity contribution in [2.75, 3.05) is 26.3 Å². The number of hydrogen-bond acceptors (Lipinski definition) is 3. The number of aliphatic hydroxyl groups excluding tert-OH is 1. The van der Waals surface area contributed by atoms with E-state index in [1.807, 2.05) is 0 Å². The Balaban J connectivity index is 0.00000200. The van der Waals surface area contributed by atoms with Gasteiger partial charge in [-0.05, 0) is 33.1 Å². The van der Waals surface area contributed by atoms with Gasteiger partial charge >= 0.3 is 0 Å². The zero-order chi connectivity index (χ0) is 13.7. The molecule has 2 atom stereocenters. The number of rotatable bonds is 6. The number of halogens is 1. The first-order valence-electron chi connectivity index (χ1n) is 7.54. The molecule has 3 N–H and O–H groups in total. The van der Waals surface area contributed by atoms with E-state index in [9.17, 15) is 0 Å². The van der Waals surface area contributed by atoms with Crippen LogP contribution in [-0.2, 0) is 4.74 Å². The lowest BCUT2D eigenvalue weighted by atomic mass is 9.51. The maximum absolute atomic E-state index is 8.88. The largest absolute Gasteiger partial charge is 0.394 e. The van der Waals surface area contributed by atoms with E-state index in [4.69, 9.17) is 9.84 Å². The third-order valence-electron chi connectivity index (χ3n) is 4.46. The van der Waals surface area contributed by atoms with E-state index in [0.29, 0.717) is 24.1 Å². The van der Waals surface area contributed by atoms with Gasteiger partial charge in [-0.2, -0.15) is 0 Å². The van der Waals surface area contributed by atoms with Crippen molar-refractivity contribution >= 4 is 29.9 Å². The average Bonchev–Trinajstić information content (AvgIpc) is 2.32. The predicted octanol–water partition coefficient (Wildman–Crippen LogP) is 1.50. The molecule has 2 saturated carbocycles. The molecule has 2 unspecified atom stereocenters. The molecule has 6 heteroatoms. The van der Waals surface area contributed by atoms with Crippen molar-refractivity contribution in [2.45, 2.75) is 51.7 Å². The van der Waals surface area contributed by atoms with Gasteiger partial charge in [-0.25, -0.2) is 0 Å². The number of nitrogens with one attached hydrogen (secondary N) is 2. The monoisotopic (exact) mass is 397 g/mol. The fourth-order valence-corrected chi connectivity index (χ4v) is 3.29. The van der Waals surface area contributed by atoms with Crippen LogP contribution in [0.3, 0.4) is 0 Å². The quantitative estimate of drug-likeness (QED) is 0.361. The summed E-state index contributed by atoms with van der Waals surface area (Å²) < 4.78 is 5.85. The molecule has 0 aliphatic heterocycles. The second-order valence-corrected chi connectivity index (χ2v) is 5.45. The first-order chi connectivity index (χ1) is 9.26. The number of aliphatic hydroxyl groups is 1. The van der Waals surface area contributed by atoms with Gasteiger partial charge in [0.15, 0.2) is 5.96 Å². The zero-order valence-electron chi connectivity index (χ0n) is 12.5. The van der Waals surface area contributed by atoms with Gasteiger partial charge in [0, 0.05) is 24.6 Å². The molecule has 0 amide bonds. The summed E-state index contributed by atoms with van der Waals surface area (Å²) in [6, 6.07) is 0.467. The van der Waals surface area contributed by atoms with Gasteiger partial charge < -0.3 is 20.5 Å². The van der Waals surface area contributed by atoms with Gasteiger partial charge in [0.25, 0.3) is 0 Å². The molecular weight excluding hydrogens is 369 g/mol. The van der Waals surface area contributed by atoms with Crippen molar-refractivity contribution in [3.63, 3.8) is 0 Å². The lowest BCUT2D eigenvalue weighted by molar-refractivity contribution is -0.168. The van der Waals surface area contributed by atoms with E-state index in [1.165, 1.54) is 19.3 Å². The third-order valence-corrected chi connectivity index (χ3v) is 4.46. The summed E-state index contributed by atoms with van der Waals surface area (Å²) in [6.07, 6.45) is 5.32. The molecule has 20 heavy (non-hydrogen) atoms. The standard InChI is InChI=1S/C14H27N3O2.HI/c1-3-15-13(16-8-9-18)17-11-10-12(19-4-2)14(11)6-5-7-14;/h11-12,18H,3-10H2,1-2H3,(H2,15,16,17);1H. The predicted molar refractivity (Wildman–Crippen MR) is 91.7 cm³/mol. The molecular formula is C14H28IN3O2. The molecule has 2 aliphatic carbocycles. The van der Waals surface area contributed by atoms with Crippen LogP contribution in [0.1, 0.15) is 39.5 Å². The summed E-state index contributed by atoms with van der Waals surface area (Å²) in [7, 11) is 0. The van der Waals surface area contributed by atoms with E-state index in [1.54, 1.807) is 0 Å². The maximum Gasteiger partial charge on any atom is 0.191 e. The highest BCUT2D eigenvalue weighted by atomic mass is 127. The van der Waals surface area contributed by atoms with Crippen molar-refractivity contribution < 1.29 is 9.84 Å².